The fraction of sp³-hybridized carbons (Fsp3) is 0.500. The Morgan fingerprint density at radius 2 is 2.30 bits per heavy atom. The van der Waals surface area contributed by atoms with Gasteiger partial charge in [0.05, 0.1) is 5.75 Å². The molecule has 1 aliphatic carbocycles. The number of amides is 1. The van der Waals surface area contributed by atoms with E-state index in [-0.39, 0.29) is 5.91 Å². The fourth-order valence-electron chi connectivity index (χ4n) is 2.27. The van der Waals surface area contributed by atoms with E-state index in [9.17, 15) is 4.79 Å². The molecule has 1 heterocycles. The zero-order valence-electron chi connectivity index (χ0n) is 11.9. The number of aryl methyl sites for hydroxylation is 1. The Kier molecular flexibility index (Phi) is 5.00. The minimum Gasteiger partial charge on any atom is -0.384 e. The Labute approximate surface area is 123 Å². The Morgan fingerprint density at radius 3 is 2.90 bits per heavy atom. The highest BCUT2D eigenvalue weighted by Crippen LogP contribution is 2.23. The molecule has 0 bridgehead atoms. The van der Waals surface area contributed by atoms with Crippen LogP contribution in [0.4, 0.5) is 5.82 Å². The first-order valence-electron chi connectivity index (χ1n) is 6.83. The minimum atomic E-state index is 0.106. The van der Waals surface area contributed by atoms with Crippen LogP contribution in [0.3, 0.4) is 0 Å². The lowest BCUT2D eigenvalue weighted by Gasteiger charge is -2.21. The molecule has 0 spiro atoms. The fourth-order valence-corrected chi connectivity index (χ4v) is 3.06. The van der Waals surface area contributed by atoms with Crippen LogP contribution >= 0.6 is 11.8 Å². The maximum atomic E-state index is 12.3. The van der Waals surface area contributed by atoms with Gasteiger partial charge in [-0.3, -0.25) is 4.79 Å². The van der Waals surface area contributed by atoms with Crippen LogP contribution in [-0.4, -0.2) is 33.1 Å². The van der Waals surface area contributed by atoms with Gasteiger partial charge in [0.1, 0.15) is 5.82 Å². The third-order valence-corrected chi connectivity index (χ3v) is 3.99. The first-order valence-corrected chi connectivity index (χ1v) is 7.82. The van der Waals surface area contributed by atoms with Gasteiger partial charge >= 0.3 is 0 Å². The number of hydrogen-bond donors (Lipinski definition) is 1. The average molecular weight is 292 g/mol. The minimum absolute atomic E-state index is 0.106. The van der Waals surface area contributed by atoms with Crippen LogP contribution in [0.5, 0.6) is 0 Å². The van der Waals surface area contributed by atoms with Gasteiger partial charge in [-0.25, -0.2) is 9.97 Å². The van der Waals surface area contributed by atoms with Crippen LogP contribution in [0.15, 0.2) is 23.0 Å². The Morgan fingerprint density at radius 1 is 1.50 bits per heavy atom. The van der Waals surface area contributed by atoms with Crippen molar-refractivity contribution >= 4 is 23.5 Å². The smallest absolute Gasteiger partial charge is 0.237 e. The van der Waals surface area contributed by atoms with Crippen molar-refractivity contribution in [3.63, 3.8) is 0 Å². The molecule has 1 aromatic rings. The number of carbonyl (C=O) groups excluding carboxylic acids is 1. The summed E-state index contributed by atoms with van der Waals surface area (Å²) in [7, 11) is 0. The normalized spacial score (nSPS) is 14.2. The summed E-state index contributed by atoms with van der Waals surface area (Å²) in [6, 6.07) is 1.72. The van der Waals surface area contributed by atoms with Crippen LogP contribution in [-0.2, 0) is 4.79 Å². The molecule has 0 fully saturated rings. The summed E-state index contributed by atoms with van der Waals surface area (Å²) < 4.78 is 0. The van der Waals surface area contributed by atoms with Crippen molar-refractivity contribution in [2.24, 2.45) is 0 Å². The third-order valence-electron chi connectivity index (χ3n) is 3.16. The second-order valence-electron chi connectivity index (χ2n) is 4.73. The molecule has 2 rings (SSSR count). The number of nitrogen functional groups attached to an aromatic ring is 1. The van der Waals surface area contributed by atoms with Gasteiger partial charge in [0.15, 0.2) is 5.16 Å². The van der Waals surface area contributed by atoms with Crippen molar-refractivity contribution in [3.8, 4) is 0 Å². The van der Waals surface area contributed by atoms with Crippen LogP contribution in [0.1, 0.15) is 31.9 Å². The Hall–Kier alpha value is -1.56. The van der Waals surface area contributed by atoms with E-state index >= 15 is 0 Å². The van der Waals surface area contributed by atoms with Gasteiger partial charge in [-0.15, -0.1) is 0 Å². The lowest BCUT2D eigenvalue weighted by atomic mass is 10.3. The average Bonchev–Trinajstić information content (AvgIpc) is 2.90. The van der Waals surface area contributed by atoms with E-state index in [1.807, 2.05) is 18.7 Å². The summed E-state index contributed by atoms with van der Waals surface area (Å²) in [5.41, 5.74) is 7.66. The van der Waals surface area contributed by atoms with E-state index in [0.717, 1.165) is 30.7 Å². The lowest BCUT2D eigenvalue weighted by molar-refractivity contribution is -0.126. The molecule has 108 valence electrons. The predicted octanol–water partition coefficient (Wildman–Crippen LogP) is 2.38. The number of anilines is 1. The van der Waals surface area contributed by atoms with Crippen molar-refractivity contribution < 1.29 is 4.79 Å². The van der Waals surface area contributed by atoms with Crippen molar-refractivity contribution in [1.29, 1.82) is 0 Å². The second-order valence-corrected chi connectivity index (χ2v) is 5.67. The molecule has 20 heavy (non-hydrogen) atoms. The van der Waals surface area contributed by atoms with Gasteiger partial charge < -0.3 is 10.6 Å². The summed E-state index contributed by atoms with van der Waals surface area (Å²) in [6.45, 7) is 4.58. The molecule has 0 aromatic carbocycles. The number of nitrogens with zero attached hydrogens (tertiary/aromatic N) is 3. The summed E-state index contributed by atoms with van der Waals surface area (Å²) in [4.78, 5) is 22.6. The van der Waals surface area contributed by atoms with Gasteiger partial charge in [-0.2, -0.15) is 0 Å². The van der Waals surface area contributed by atoms with Gasteiger partial charge in [0.25, 0.3) is 0 Å². The molecule has 0 atom stereocenters. The molecule has 1 amide bonds. The molecule has 0 saturated carbocycles. The maximum Gasteiger partial charge on any atom is 0.237 e. The van der Waals surface area contributed by atoms with Crippen molar-refractivity contribution in [1.82, 2.24) is 14.9 Å². The van der Waals surface area contributed by atoms with E-state index < -0.39 is 0 Å². The molecule has 6 heteroatoms. The van der Waals surface area contributed by atoms with Crippen LogP contribution in [0, 0.1) is 6.92 Å². The monoisotopic (exact) mass is 292 g/mol. The van der Waals surface area contributed by atoms with E-state index in [2.05, 4.69) is 16.0 Å². The topological polar surface area (TPSA) is 72.1 Å². The lowest BCUT2D eigenvalue weighted by Crippen LogP contribution is -2.31. The summed E-state index contributed by atoms with van der Waals surface area (Å²) in [5.74, 6) is 0.890. The number of aromatic nitrogens is 2. The van der Waals surface area contributed by atoms with Gasteiger partial charge in [-0.05, 0) is 33.1 Å². The molecular weight excluding hydrogens is 272 g/mol. The molecular formula is C14H20N4OS. The Balaban J connectivity index is 1.96. The molecule has 2 N–H and O–H groups in total. The maximum absolute atomic E-state index is 12.3. The van der Waals surface area contributed by atoms with E-state index in [4.69, 9.17) is 5.73 Å². The number of thioether (sulfide) groups is 1. The largest absolute Gasteiger partial charge is 0.384 e. The van der Waals surface area contributed by atoms with Crippen molar-refractivity contribution in [2.75, 3.05) is 18.0 Å². The molecule has 1 aromatic heterocycles. The molecule has 0 unspecified atom stereocenters. The van der Waals surface area contributed by atoms with E-state index in [0.29, 0.717) is 23.3 Å². The first-order chi connectivity index (χ1) is 9.60. The number of carbonyl (C=O) groups is 1. The molecule has 0 aliphatic heterocycles. The standard InChI is InChI=1S/C14H20N4OS/c1-3-18(11-6-4-5-7-11)13(19)9-20-14-16-10(2)8-12(15)17-14/h6,8H,3-5,7,9H2,1-2H3,(H2,15,16,17). The SMILES string of the molecule is CCN(C(=O)CSc1nc(C)cc(N)n1)C1=CCCC1. The highest BCUT2D eigenvalue weighted by molar-refractivity contribution is 7.99. The van der Waals surface area contributed by atoms with Crippen LogP contribution < -0.4 is 5.73 Å². The molecule has 0 saturated heterocycles. The zero-order valence-corrected chi connectivity index (χ0v) is 12.7. The van der Waals surface area contributed by atoms with E-state index in [1.165, 1.54) is 11.8 Å². The highest BCUT2D eigenvalue weighted by atomic mass is 32.2. The van der Waals surface area contributed by atoms with Gasteiger partial charge in [0.2, 0.25) is 5.91 Å². The highest BCUT2D eigenvalue weighted by Gasteiger charge is 2.19. The number of rotatable bonds is 5. The Bertz CT molecular complexity index is 510. The predicted molar refractivity (Wildman–Crippen MR) is 81.2 cm³/mol. The van der Waals surface area contributed by atoms with Crippen LogP contribution in [0.2, 0.25) is 0 Å². The third kappa shape index (κ3) is 3.72. The number of hydrogen-bond acceptors (Lipinski definition) is 5. The number of nitrogens with two attached hydrogens (primary N) is 1. The zero-order chi connectivity index (χ0) is 14.5. The van der Waals surface area contributed by atoms with Gasteiger partial charge in [0, 0.05) is 24.0 Å². The van der Waals surface area contributed by atoms with Gasteiger partial charge in [-0.1, -0.05) is 17.8 Å². The summed E-state index contributed by atoms with van der Waals surface area (Å²) >= 11 is 1.34. The number of allylic oxidation sites excluding steroid dienone is 2. The summed E-state index contributed by atoms with van der Waals surface area (Å²) in [5, 5.41) is 0.562. The van der Waals surface area contributed by atoms with Crippen molar-refractivity contribution in [3.05, 3.63) is 23.5 Å². The molecule has 5 nitrogen and oxygen atoms in total. The first kappa shape index (κ1) is 14.8. The summed E-state index contributed by atoms with van der Waals surface area (Å²) in [6.07, 6.45) is 5.37. The molecule has 0 radical (unpaired) electrons. The second kappa shape index (κ2) is 6.74. The van der Waals surface area contributed by atoms with Crippen molar-refractivity contribution in [2.45, 2.75) is 38.3 Å². The quantitative estimate of drug-likeness (QED) is 0.666. The van der Waals surface area contributed by atoms with Crippen LogP contribution in [0.25, 0.3) is 0 Å². The van der Waals surface area contributed by atoms with E-state index in [1.54, 1.807) is 6.07 Å². The molecule has 1 aliphatic rings.